The van der Waals surface area contributed by atoms with Crippen molar-refractivity contribution < 1.29 is 14.1 Å². The molecule has 1 aromatic heterocycles. The Labute approximate surface area is 129 Å². The lowest BCUT2D eigenvalue weighted by Gasteiger charge is -2.28. The van der Waals surface area contributed by atoms with Crippen LogP contribution in [0.4, 0.5) is 0 Å². The lowest BCUT2D eigenvalue weighted by Crippen LogP contribution is -2.48. The van der Waals surface area contributed by atoms with Crippen molar-refractivity contribution in [2.75, 3.05) is 13.1 Å². The molecule has 1 aliphatic rings. The molecule has 2 unspecified atom stereocenters. The molecule has 0 saturated carbocycles. The number of likely N-dealkylation sites (N-methyl/N-ethyl adjacent to an activating group) is 1. The number of aromatic nitrogens is 1. The van der Waals surface area contributed by atoms with Crippen LogP contribution in [-0.2, 0) is 9.59 Å². The minimum atomic E-state index is -0.561. The first-order valence-corrected chi connectivity index (χ1v) is 7.72. The van der Waals surface area contributed by atoms with E-state index < -0.39 is 12.0 Å². The Bertz CT molecular complexity index is 590. The van der Waals surface area contributed by atoms with Crippen LogP contribution >= 0.6 is 0 Å². The van der Waals surface area contributed by atoms with Crippen LogP contribution < -0.4 is 10.9 Å². The lowest BCUT2D eigenvalue weighted by molar-refractivity contribution is -0.140. The van der Waals surface area contributed by atoms with E-state index in [-0.39, 0.29) is 23.3 Å². The molecule has 1 aromatic rings. The van der Waals surface area contributed by atoms with E-state index in [1.54, 1.807) is 4.90 Å². The standard InChI is InChI=1S/C15H23N3O4/c1-4-16-14(20)10-6-5-7-18(10)15(21)13(9(2)3)11-8-12(19)17-22-11/h8-10,13H,4-7H2,1-3H3,(H,16,20)(H,17,19). The number of carbonyl (C=O) groups excluding carboxylic acids is 2. The average molecular weight is 309 g/mol. The summed E-state index contributed by atoms with van der Waals surface area (Å²) in [6.07, 6.45) is 1.47. The third-order valence-electron chi connectivity index (χ3n) is 3.97. The maximum absolute atomic E-state index is 12.9. The number of H-pyrrole nitrogens is 1. The molecule has 0 aromatic carbocycles. The largest absolute Gasteiger partial charge is 0.383 e. The van der Waals surface area contributed by atoms with Gasteiger partial charge in [0.15, 0.2) is 5.76 Å². The van der Waals surface area contributed by atoms with Gasteiger partial charge in [0.1, 0.15) is 12.0 Å². The molecule has 0 bridgehead atoms. The highest BCUT2D eigenvalue weighted by atomic mass is 16.5. The second kappa shape index (κ2) is 6.81. The van der Waals surface area contributed by atoms with Crippen LogP contribution in [0.25, 0.3) is 0 Å². The Morgan fingerprint density at radius 3 is 2.77 bits per heavy atom. The molecule has 2 N–H and O–H groups in total. The second-order valence-corrected chi connectivity index (χ2v) is 5.92. The van der Waals surface area contributed by atoms with Crippen LogP contribution in [-0.4, -0.2) is 41.0 Å². The van der Waals surface area contributed by atoms with E-state index in [1.165, 1.54) is 6.07 Å². The summed E-state index contributed by atoms with van der Waals surface area (Å²) >= 11 is 0. The third-order valence-corrected chi connectivity index (χ3v) is 3.97. The van der Waals surface area contributed by atoms with E-state index in [1.807, 2.05) is 20.8 Å². The van der Waals surface area contributed by atoms with Crippen molar-refractivity contribution in [1.29, 1.82) is 0 Å². The van der Waals surface area contributed by atoms with Crippen molar-refractivity contribution in [1.82, 2.24) is 15.4 Å². The number of likely N-dealkylation sites (tertiary alicyclic amines) is 1. The van der Waals surface area contributed by atoms with Gasteiger partial charge in [-0.25, -0.2) is 0 Å². The third kappa shape index (κ3) is 3.23. The van der Waals surface area contributed by atoms with Gasteiger partial charge in [0.05, 0.1) is 0 Å². The molecule has 22 heavy (non-hydrogen) atoms. The Morgan fingerprint density at radius 1 is 1.50 bits per heavy atom. The Morgan fingerprint density at radius 2 is 2.23 bits per heavy atom. The summed E-state index contributed by atoms with van der Waals surface area (Å²) in [5.74, 6) is -0.555. The maximum Gasteiger partial charge on any atom is 0.280 e. The molecule has 7 heteroatoms. The van der Waals surface area contributed by atoms with E-state index in [0.717, 1.165) is 6.42 Å². The van der Waals surface area contributed by atoms with E-state index in [4.69, 9.17) is 4.52 Å². The first-order chi connectivity index (χ1) is 10.5. The van der Waals surface area contributed by atoms with Gasteiger partial charge in [-0.15, -0.1) is 0 Å². The van der Waals surface area contributed by atoms with Crippen LogP contribution in [0, 0.1) is 5.92 Å². The predicted octanol–water partition coefficient (Wildman–Crippen LogP) is 0.835. The number of hydrogen-bond acceptors (Lipinski definition) is 4. The molecule has 122 valence electrons. The van der Waals surface area contributed by atoms with Gasteiger partial charge in [0.25, 0.3) is 5.56 Å². The first-order valence-electron chi connectivity index (χ1n) is 7.72. The predicted molar refractivity (Wildman–Crippen MR) is 80.3 cm³/mol. The monoisotopic (exact) mass is 309 g/mol. The van der Waals surface area contributed by atoms with Crippen molar-refractivity contribution in [3.8, 4) is 0 Å². The number of aromatic amines is 1. The van der Waals surface area contributed by atoms with E-state index in [2.05, 4.69) is 10.5 Å². The Hall–Kier alpha value is -2.05. The Kier molecular flexibility index (Phi) is 5.05. The molecule has 0 radical (unpaired) electrons. The molecule has 2 atom stereocenters. The second-order valence-electron chi connectivity index (χ2n) is 5.92. The molecule has 1 saturated heterocycles. The normalized spacial score (nSPS) is 19.5. The van der Waals surface area contributed by atoms with E-state index >= 15 is 0 Å². The Balaban J connectivity index is 2.23. The summed E-state index contributed by atoms with van der Waals surface area (Å²) in [5.41, 5.74) is -0.366. The SMILES string of the molecule is CCNC(=O)C1CCCN1C(=O)C(c1cc(=O)[nH]o1)C(C)C. The number of nitrogens with zero attached hydrogens (tertiary/aromatic N) is 1. The van der Waals surface area contributed by atoms with Crippen LogP contribution in [0.1, 0.15) is 45.3 Å². The molecule has 0 spiro atoms. The molecule has 2 heterocycles. The minimum Gasteiger partial charge on any atom is -0.383 e. The quantitative estimate of drug-likeness (QED) is 0.842. The molecule has 1 fully saturated rings. The maximum atomic E-state index is 12.9. The number of carbonyl (C=O) groups is 2. The van der Waals surface area contributed by atoms with Crippen molar-refractivity contribution in [3.05, 3.63) is 22.2 Å². The molecule has 7 nitrogen and oxygen atoms in total. The highest BCUT2D eigenvalue weighted by Crippen LogP contribution is 2.29. The van der Waals surface area contributed by atoms with E-state index in [0.29, 0.717) is 25.3 Å². The highest BCUT2D eigenvalue weighted by molar-refractivity contribution is 5.91. The zero-order valence-corrected chi connectivity index (χ0v) is 13.2. The van der Waals surface area contributed by atoms with Crippen molar-refractivity contribution >= 4 is 11.8 Å². The van der Waals surface area contributed by atoms with Crippen LogP contribution in [0.5, 0.6) is 0 Å². The summed E-state index contributed by atoms with van der Waals surface area (Å²) < 4.78 is 5.13. The zero-order chi connectivity index (χ0) is 16.3. The number of nitrogens with one attached hydrogen (secondary N) is 2. The van der Waals surface area contributed by atoms with Crippen LogP contribution in [0.15, 0.2) is 15.4 Å². The molecule has 2 rings (SSSR count). The molecular formula is C15H23N3O4. The summed E-state index contributed by atoms with van der Waals surface area (Å²) in [4.78, 5) is 37.9. The lowest BCUT2D eigenvalue weighted by atomic mass is 9.91. The van der Waals surface area contributed by atoms with Gasteiger partial charge in [-0.2, -0.15) is 5.16 Å². The van der Waals surface area contributed by atoms with Gasteiger partial charge in [-0.1, -0.05) is 13.8 Å². The van der Waals surface area contributed by atoms with Crippen LogP contribution in [0.2, 0.25) is 0 Å². The fraction of sp³-hybridized carbons (Fsp3) is 0.667. The van der Waals surface area contributed by atoms with Crippen molar-refractivity contribution in [3.63, 3.8) is 0 Å². The number of hydrogen-bond donors (Lipinski definition) is 2. The average Bonchev–Trinajstić information content (AvgIpc) is 3.07. The van der Waals surface area contributed by atoms with E-state index in [9.17, 15) is 14.4 Å². The summed E-state index contributed by atoms with van der Waals surface area (Å²) in [7, 11) is 0. The van der Waals surface area contributed by atoms with Crippen molar-refractivity contribution in [2.24, 2.45) is 5.92 Å². The van der Waals surface area contributed by atoms with Crippen molar-refractivity contribution in [2.45, 2.75) is 45.6 Å². The van der Waals surface area contributed by atoms with Gasteiger partial charge in [-0.3, -0.25) is 14.4 Å². The van der Waals surface area contributed by atoms with Gasteiger partial charge >= 0.3 is 0 Å². The number of amides is 2. The molecule has 1 aliphatic heterocycles. The fourth-order valence-electron chi connectivity index (χ4n) is 2.96. The van der Waals surface area contributed by atoms with Gasteiger partial charge in [0, 0.05) is 19.2 Å². The molecular weight excluding hydrogens is 286 g/mol. The van der Waals surface area contributed by atoms with Gasteiger partial charge in [0.2, 0.25) is 11.8 Å². The zero-order valence-electron chi connectivity index (χ0n) is 13.2. The van der Waals surface area contributed by atoms with Gasteiger partial charge < -0.3 is 14.7 Å². The van der Waals surface area contributed by atoms with Crippen LogP contribution in [0.3, 0.4) is 0 Å². The molecule has 2 amide bonds. The summed E-state index contributed by atoms with van der Waals surface area (Å²) in [6, 6.07) is 0.874. The number of rotatable bonds is 5. The first kappa shape index (κ1) is 16.3. The highest BCUT2D eigenvalue weighted by Gasteiger charge is 2.39. The summed E-state index contributed by atoms with van der Waals surface area (Å²) in [6.45, 7) is 6.74. The van der Waals surface area contributed by atoms with Gasteiger partial charge in [-0.05, 0) is 25.7 Å². The summed E-state index contributed by atoms with van der Waals surface area (Å²) in [5, 5.41) is 5.00. The topological polar surface area (TPSA) is 95.4 Å². The minimum absolute atomic E-state index is 0.0399. The molecule has 0 aliphatic carbocycles. The smallest absolute Gasteiger partial charge is 0.280 e. The fourth-order valence-corrected chi connectivity index (χ4v) is 2.96.